The van der Waals surface area contributed by atoms with E-state index in [0.29, 0.717) is 35.6 Å². The minimum absolute atomic E-state index is 0.0908. The van der Waals surface area contributed by atoms with Crippen molar-refractivity contribution in [2.45, 2.75) is 144 Å². The highest BCUT2D eigenvalue weighted by atomic mass is 28.4. The topological polar surface area (TPSA) is 67.8 Å². The molecule has 3 saturated carbocycles. The molecule has 8 atom stereocenters. The van der Waals surface area contributed by atoms with Crippen LogP contribution in [0, 0.1) is 40.4 Å². The van der Waals surface area contributed by atoms with Crippen molar-refractivity contribution in [3.05, 3.63) is 0 Å². The van der Waals surface area contributed by atoms with E-state index in [0.717, 1.165) is 31.8 Å². The molecule has 0 saturated heterocycles. The van der Waals surface area contributed by atoms with Gasteiger partial charge in [-0.15, -0.1) is 0 Å². The number of carbonyl (C=O) groups excluding carboxylic acids is 1. The largest absolute Gasteiger partial charge is 0.444 e. The number of hydrogen-bond donors (Lipinski definition) is 2. The van der Waals surface area contributed by atoms with Gasteiger partial charge >= 0.3 is 6.09 Å². The van der Waals surface area contributed by atoms with Crippen molar-refractivity contribution in [1.29, 1.82) is 0 Å². The standard InChI is InChI=1S/C32H61NO4Si/c1-12-22-13-14-26-25(20-33-28(35)37-29(2,3)4)27(16-18-31(22,26)8)32(9)17-15-24(34)19-23(32)21-36-38(10,11)30(5,6)7/h22-27,34H,12-21H2,1-11H3,(H,33,35)/t22-,23+,24-,25-,26-,27-,31+,32-/m0/s1. The average Bonchev–Trinajstić information content (AvgIpc) is 3.12. The molecule has 1 amide bonds. The minimum atomic E-state index is -1.90. The van der Waals surface area contributed by atoms with Gasteiger partial charge in [-0.2, -0.15) is 0 Å². The Morgan fingerprint density at radius 3 is 2.11 bits per heavy atom. The van der Waals surface area contributed by atoms with Gasteiger partial charge < -0.3 is 19.6 Å². The number of rotatable bonds is 7. The number of aliphatic hydroxyl groups excluding tert-OH is 1. The van der Waals surface area contributed by atoms with E-state index in [1.165, 1.54) is 32.1 Å². The van der Waals surface area contributed by atoms with Crippen molar-refractivity contribution in [1.82, 2.24) is 5.32 Å². The third kappa shape index (κ3) is 6.65. The fraction of sp³-hybridized carbons (Fsp3) is 0.969. The van der Waals surface area contributed by atoms with E-state index in [2.05, 4.69) is 60.0 Å². The van der Waals surface area contributed by atoms with E-state index in [-0.39, 0.29) is 22.7 Å². The number of carbonyl (C=O) groups is 1. The average molecular weight is 552 g/mol. The summed E-state index contributed by atoms with van der Waals surface area (Å²) in [4.78, 5) is 12.8. The Labute approximate surface area is 235 Å². The van der Waals surface area contributed by atoms with Crippen molar-refractivity contribution in [3.8, 4) is 0 Å². The van der Waals surface area contributed by atoms with E-state index >= 15 is 0 Å². The highest BCUT2D eigenvalue weighted by Crippen LogP contribution is 2.64. The Kier molecular flexibility index (Phi) is 9.54. The van der Waals surface area contributed by atoms with Crippen LogP contribution < -0.4 is 5.32 Å². The van der Waals surface area contributed by atoms with E-state index < -0.39 is 13.9 Å². The molecule has 3 rings (SSSR count). The molecule has 0 heterocycles. The maximum Gasteiger partial charge on any atom is 0.407 e. The lowest BCUT2D eigenvalue weighted by atomic mass is 9.48. The van der Waals surface area contributed by atoms with Crippen LogP contribution in [-0.2, 0) is 9.16 Å². The van der Waals surface area contributed by atoms with Gasteiger partial charge in [0.2, 0.25) is 0 Å². The fourth-order valence-electron chi connectivity index (χ4n) is 8.35. The van der Waals surface area contributed by atoms with Gasteiger partial charge in [0.05, 0.1) is 6.10 Å². The molecule has 0 aromatic carbocycles. The van der Waals surface area contributed by atoms with Gasteiger partial charge in [0.25, 0.3) is 0 Å². The van der Waals surface area contributed by atoms with Gasteiger partial charge in [-0.25, -0.2) is 4.79 Å². The molecule has 0 aromatic rings. The molecule has 6 heteroatoms. The van der Waals surface area contributed by atoms with E-state index in [1.54, 1.807) is 0 Å². The highest BCUT2D eigenvalue weighted by molar-refractivity contribution is 6.74. The zero-order valence-corrected chi connectivity index (χ0v) is 27.7. The van der Waals surface area contributed by atoms with Crippen LogP contribution in [0.1, 0.15) is 114 Å². The minimum Gasteiger partial charge on any atom is -0.444 e. The number of alkyl carbamates (subject to hydrolysis) is 1. The quantitative estimate of drug-likeness (QED) is 0.313. The predicted molar refractivity (Wildman–Crippen MR) is 160 cm³/mol. The number of fused-ring (bicyclic) bond motifs is 1. The van der Waals surface area contributed by atoms with Crippen LogP contribution in [0.5, 0.6) is 0 Å². The lowest BCUT2D eigenvalue weighted by Crippen LogP contribution is -2.55. The summed E-state index contributed by atoms with van der Waals surface area (Å²) in [6.45, 7) is 26.2. The number of hydrogen-bond acceptors (Lipinski definition) is 4. The maximum absolute atomic E-state index is 12.8. The summed E-state index contributed by atoms with van der Waals surface area (Å²) < 4.78 is 12.5. The molecule has 0 aromatic heterocycles. The smallest absolute Gasteiger partial charge is 0.407 e. The Hall–Kier alpha value is -0.593. The fourth-order valence-corrected chi connectivity index (χ4v) is 9.41. The molecule has 222 valence electrons. The van der Waals surface area contributed by atoms with Crippen molar-refractivity contribution in [2.75, 3.05) is 13.2 Å². The third-order valence-electron chi connectivity index (χ3n) is 11.8. The molecular formula is C32H61NO4Si. The molecule has 38 heavy (non-hydrogen) atoms. The molecule has 0 unspecified atom stereocenters. The Bertz CT molecular complexity index is 817. The van der Waals surface area contributed by atoms with Gasteiger partial charge in [-0.05, 0) is 124 Å². The summed E-state index contributed by atoms with van der Waals surface area (Å²) in [6.07, 6.45) is 8.49. The lowest BCUT2D eigenvalue weighted by molar-refractivity contribution is -0.102. The molecule has 0 bridgehead atoms. The summed E-state index contributed by atoms with van der Waals surface area (Å²) in [5, 5.41) is 14.2. The van der Waals surface area contributed by atoms with Gasteiger partial charge in [0.15, 0.2) is 8.32 Å². The van der Waals surface area contributed by atoms with E-state index in [9.17, 15) is 9.90 Å². The van der Waals surface area contributed by atoms with Crippen molar-refractivity contribution in [2.24, 2.45) is 40.4 Å². The zero-order valence-electron chi connectivity index (χ0n) is 26.7. The van der Waals surface area contributed by atoms with Gasteiger partial charge in [0.1, 0.15) is 5.60 Å². The molecule has 0 aliphatic heterocycles. The van der Waals surface area contributed by atoms with E-state index in [1.807, 2.05) is 20.8 Å². The second-order valence-electron chi connectivity index (χ2n) is 16.2. The second-order valence-corrected chi connectivity index (χ2v) is 21.0. The molecular weight excluding hydrogens is 490 g/mol. The number of ether oxygens (including phenoxy) is 1. The van der Waals surface area contributed by atoms with Crippen LogP contribution in [-0.4, -0.2) is 44.4 Å². The first kappa shape index (κ1) is 31.9. The summed E-state index contributed by atoms with van der Waals surface area (Å²) in [5.74, 6) is 2.66. The molecule has 0 spiro atoms. The Morgan fingerprint density at radius 2 is 1.53 bits per heavy atom. The van der Waals surface area contributed by atoms with Gasteiger partial charge in [-0.3, -0.25) is 0 Å². The Balaban J connectivity index is 1.90. The van der Waals surface area contributed by atoms with Crippen LogP contribution in [0.15, 0.2) is 0 Å². The highest BCUT2D eigenvalue weighted by Gasteiger charge is 2.58. The molecule has 3 fully saturated rings. The first-order valence-electron chi connectivity index (χ1n) is 15.6. The number of nitrogens with one attached hydrogen (secondary N) is 1. The first-order valence-corrected chi connectivity index (χ1v) is 18.5. The Morgan fingerprint density at radius 1 is 0.947 bits per heavy atom. The molecule has 3 aliphatic rings. The van der Waals surface area contributed by atoms with Gasteiger partial charge in [-0.1, -0.05) is 48.0 Å². The third-order valence-corrected chi connectivity index (χ3v) is 16.3. The van der Waals surface area contributed by atoms with Crippen LogP contribution in [0.25, 0.3) is 0 Å². The first-order chi connectivity index (χ1) is 17.3. The van der Waals surface area contributed by atoms with E-state index in [4.69, 9.17) is 9.16 Å². The molecule has 0 radical (unpaired) electrons. The summed E-state index contributed by atoms with van der Waals surface area (Å²) >= 11 is 0. The zero-order chi connectivity index (χ0) is 28.7. The summed E-state index contributed by atoms with van der Waals surface area (Å²) in [6, 6.07) is 0. The lowest BCUT2D eigenvalue weighted by Gasteiger charge is -2.57. The normalized spacial score (nSPS) is 38.5. The van der Waals surface area contributed by atoms with Crippen molar-refractivity contribution in [3.63, 3.8) is 0 Å². The number of amides is 1. The number of aliphatic hydroxyl groups is 1. The van der Waals surface area contributed by atoms with Gasteiger partial charge in [0, 0.05) is 13.2 Å². The molecule has 3 aliphatic carbocycles. The molecule has 5 nitrogen and oxygen atoms in total. The summed E-state index contributed by atoms with van der Waals surface area (Å²) in [7, 11) is -1.90. The maximum atomic E-state index is 12.8. The van der Waals surface area contributed by atoms with Crippen LogP contribution >= 0.6 is 0 Å². The van der Waals surface area contributed by atoms with Crippen molar-refractivity contribution >= 4 is 14.4 Å². The SMILES string of the molecule is CC[C@H]1CC[C@H]2[C@H](CNC(=O)OC(C)(C)C)[C@@H]([C@@]3(C)CC[C@H](O)C[C@@H]3CO[Si](C)(C)C(C)(C)C)CC[C@]12C. The van der Waals surface area contributed by atoms with Crippen LogP contribution in [0.3, 0.4) is 0 Å². The van der Waals surface area contributed by atoms with Crippen LogP contribution in [0.2, 0.25) is 18.1 Å². The monoisotopic (exact) mass is 551 g/mol. The summed E-state index contributed by atoms with van der Waals surface area (Å²) in [5.41, 5.74) is -0.0559. The van der Waals surface area contributed by atoms with Crippen molar-refractivity contribution < 1.29 is 19.1 Å². The van der Waals surface area contributed by atoms with Crippen LogP contribution in [0.4, 0.5) is 4.79 Å². The predicted octanol–water partition coefficient (Wildman–Crippen LogP) is 8.17. The second kappa shape index (κ2) is 11.4. The molecule has 2 N–H and O–H groups in total.